The smallest absolute Gasteiger partial charge is 0.324 e. The van der Waals surface area contributed by atoms with Crippen LogP contribution in [0.1, 0.15) is 25.5 Å². The van der Waals surface area contributed by atoms with Crippen molar-refractivity contribution in [3.05, 3.63) is 35.4 Å². The highest BCUT2D eigenvalue weighted by molar-refractivity contribution is 5.76. The molecule has 1 saturated heterocycles. The fraction of sp³-hybridized carbons (Fsp3) is 0.533. The lowest BCUT2D eigenvalue weighted by atomic mass is 10.0. The first-order valence-corrected chi connectivity index (χ1v) is 7.13. The highest BCUT2D eigenvalue weighted by atomic mass is 19.1. The molecular formula is C15H20F2N2O2. The number of carbonyl (C=O) groups excluding carboxylic acids is 1. The minimum Gasteiger partial charge on any atom is -0.465 e. The molecule has 1 aromatic carbocycles. The van der Waals surface area contributed by atoms with Gasteiger partial charge in [0.25, 0.3) is 0 Å². The fourth-order valence-corrected chi connectivity index (χ4v) is 2.72. The predicted molar refractivity (Wildman–Crippen MR) is 74.8 cm³/mol. The molecule has 6 heteroatoms. The van der Waals surface area contributed by atoms with Gasteiger partial charge in [-0.3, -0.25) is 9.69 Å². The maximum atomic E-state index is 13.9. The quantitative estimate of drug-likeness (QED) is 0.862. The van der Waals surface area contributed by atoms with Gasteiger partial charge in [-0.2, -0.15) is 0 Å². The van der Waals surface area contributed by atoms with Crippen molar-refractivity contribution in [1.29, 1.82) is 0 Å². The van der Waals surface area contributed by atoms with E-state index in [1.807, 2.05) is 0 Å². The summed E-state index contributed by atoms with van der Waals surface area (Å²) in [7, 11) is 0. The van der Waals surface area contributed by atoms with Gasteiger partial charge in [-0.05, 0) is 26.0 Å². The van der Waals surface area contributed by atoms with Crippen molar-refractivity contribution in [2.75, 3.05) is 26.2 Å². The molecule has 0 aliphatic carbocycles. The number of nitrogens with zero attached hydrogens (tertiary/aromatic N) is 1. The van der Waals surface area contributed by atoms with Crippen LogP contribution < -0.4 is 5.32 Å². The lowest BCUT2D eigenvalue weighted by molar-refractivity contribution is -0.151. The maximum absolute atomic E-state index is 13.9. The van der Waals surface area contributed by atoms with E-state index in [2.05, 4.69) is 5.32 Å². The molecule has 1 aromatic rings. The number of carbonyl (C=O) groups is 1. The van der Waals surface area contributed by atoms with Gasteiger partial charge in [0.15, 0.2) is 0 Å². The van der Waals surface area contributed by atoms with E-state index in [9.17, 15) is 13.6 Å². The lowest BCUT2D eigenvalue weighted by Crippen LogP contribution is -2.56. The first kappa shape index (κ1) is 15.9. The number of rotatable bonds is 4. The first-order valence-electron chi connectivity index (χ1n) is 7.13. The van der Waals surface area contributed by atoms with Gasteiger partial charge in [-0.25, -0.2) is 8.78 Å². The number of piperazine rings is 1. The SMILES string of the molecule is CCOC(=O)C1CNCCN1C(C)c1c(F)cccc1F. The summed E-state index contributed by atoms with van der Waals surface area (Å²) in [5, 5.41) is 3.11. The van der Waals surface area contributed by atoms with Crippen LogP contribution in [0.5, 0.6) is 0 Å². The zero-order chi connectivity index (χ0) is 15.4. The Balaban J connectivity index is 2.26. The molecule has 2 unspecified atom stereocenters. The molecule has 116 valence electrons. The van der Waals surface area contributed by atoms with Gasteiger partial charge in [0.1, 0.15) is 17.7 Å². The summed E-state index contributed by atoms with van der Waals surface area (Å²) in [6.07, 6.45) is 0. The molecule has 1 heterocycles. The summed E-state index contributed by atoms with van der Waals surface area (Å²) in [6, 6.07) is 2.73. The van der Waals surface area contributed by atoms with Crippen LogP contribution in [-0.4, -0.2) is 43.2 Å². The molecule has 0 spiro atoms. The van der Waals surface area contributed by atoms with Gasteiger partial charge in [-0.15, -0.1) is 0 Å². The molecule has 1 N–H and O–H groups in total. The van der Waals surface area contributed by atoms with Crippen LogP contribution in [-0.2, 0) is 9.53 Å². The molecule has 0 radical (unpaired) electrons. The van der Waals surface area contributed by atoms with Crippen LogP contribution in [0, 0.1) is 11.6 Å². The Morgan fingerprint density at radius 3 is 2.76 bits per heavy atom. The number of nitrogens with one attached hydrogen (secondary N) is 1. The van der Waals surface area contributed by atoms with E-state index in [0.717, 1.165) is 0 Å². The third-order valence-corrected chi connectivity index (χ3v) is 3.76. The van der Waals surface area contributed by atoms with Gasteiger partial charge >= 0.3 is 5.97 Å². The molecule has 4 nitrogen and oxygen atoms in total. The van der Waals surface area contributed by atoms with E-state index in [1.165, 1.54) is 18.2 Å². The molecule has 0 aromatic heterocycles. The largest absolute Gasteiger partial charge is 0.465 e. The standard InChI is InChI=1S/C15H20F2N2O2/c1-3-21-15(20)13-9-18-7-8-19(13)10(2)14-11(16)5-4-6-12(14)17/h4-6,10,13,18H,3,7-9H2,1-2H3. The van der Waals surface area contributed by atoms with Crippen molar-refractivity contribution >= 4 is 5.97 Å². The Morgan fingerprint density at radius 1 is 1.48 bits per heavy atom. The van der Waals surface area contributed by atoms with Crippen LogP contribution in [0.2, 0.25) is 0 Å². The predicted octanol–water partition coefficient (Wildman–Crippen LogP) is 1.86. The molecule has 1 fully saturated rings. The van der Waals surface area contributed by atoms with Gasteiger partial charge in [0.2, 0.25) is 0 Å². The zero-order valence-electron chi connectivity index (χ0n) is 12.2. The van der Waals surface area contributed by atoms with E-state index >= 15 is 0 Å². The Hall–Kier alpha value is -1.53. The third-order valence-electron chi connectivity index (χ3n) is 3.76. The van der Waals surface area contributed by atoms with Crippen molar-refractivity contribution in [3.8, 4) is 0 Å². The molecule has 21 heavy (non-hydrogen) atoms. The number of halogens is 2. The Morgan fingerprint density at radius 2 is 2.14 bits per heavy atom. The molecule has 1 aliphatic heterocycles. The number of hydrogen-bond acceptors (Lipinski definition) is 4. The second kappa shape index (κ2) is 6.95. The fourth-order valence-electron chi connectivity index (χ4n) is 2.72. The van der Waals surface area contributed by atoms with Crippen molar-refractivity contribution in [3.63, 3.8) is 0 Å². The Labute approximate surface area is 123 Å². The summed E-state index contributed by atoms with van der Waals surface area (Å²) >= 11 is 0. The highest BCUT2D eigenvalue weighted by Gasteiger charge is 2.35. The van der Waals surface area contributed by atoms with Crippen LogP contribution in [0.15, 0.2) is 18.2 Å². The summed E-state index contributed by atoms with van der Waals surface area (Å²) in [6.45, 7) is 5.33. The summed E-state index contributed by atoms with van der Waals surface area (Å²) in [5.41, 5.74) is -0.00583. The normalized spacial score (nSPS) is 21.0. The zero-order valence-corrected chi connectivity index (χ0v) is 12.2. The van der Waals surface area contributed by atoms with Crippen molar-refractivity contribution < 1.29 is 18.3 Å². The highest BCUT2D eigenvalue weighted by Crippen LogP contribution is 2.28. The average Bonchev–Trinajstić information content (AvgIpc) is 2.47. The van der Waals surface area contributed by atoms with Crippen LogP contribution in [0.3, 0.4) is 0 Å². The van der Waals surface area contributed by atoms with Crippen LogP contribution in [0.4, 0.5) is 8.78 Å². The van der Waals surface area contributed by atoms with E-state index in [1.54, 1.807) is 18.7 Å². The monoisotopic (exact) mass is 298 g/mol. The van der Waals surface area contributed by atoms with E-state index in [-0.39, 0.29) is 18.1 Å². The number of ether oxygens (including phenoxy) is 1. The van der Waals surface area contributed by atoms with Crippen LogP contribution in [0.25, 0.3) is 0 Å². The first-order chi connectivity index (χ1) is 10.1. The van der Waals surface area contributed by atoms with E-state index in [4.69, 9.17) is 4.74 Å². The summed E-state index contributed by atoms with van der Waals surface area (Å²) < 4.78 is 32.9. The second-order valence-corrected chi connectivity index (χ2v) is 5.02. The maximum Gasteiger partial charge on any atom is 0.324 e. The topological polar surface area (TPSA) is 41.6 Å². The van der Waals surface area contributed by atoms with Crippen molar-refractivity contribution in [2.45, 2.75) is 25.9 Å². The Kier molecular flexibility index (Phi) is 5.25. The number of benzene rings is 1. The van der Waals surface area contributed by atoms with Crippen LogP contribution >= 0.6 is 0 Å². The number of esters is 1. The van der Waals surface area contributed by atoms with Gasteiger partial charge in [0, 0.05) is 31.2 Å². The lowest BCUT2D eigenvalue weighted by Gasteiger charge is -2.38. The molecule has 2 rings (SSSR count). The minimum absolute atomic E-state index is 0.00583. The number of hydrogen-bond donors (Lipinski definition) is 1. The molecule has 0 amide bonds. The van der Waals surface area contributed by atoms with E-state index in [0.29, 0.717) is 19.6 Å². The minimum atomic E-state index is -0.594. The Bertz CT molecular complexity index is 490. The molecule has 1 aliphatic rings. The molecule has 2 atom stereocenters. The van der Waals surface area contributed by atoms with Gasteiger partial charge in [-0.1, -0.05) is 6.07 Å². The van der Waals surface area contributed by atoms with Crippen molar-refractivity contribution in [2.24, 2.45) is 0 Å². The second-order valence-electron chi connectivity index (χ2n) is 5.02. The molecular weight excluding hydrogens is 278 g/mol. The van der Waals surface area contributed by atoms with Gasteiger partial charge in [0.05, 0.1) is 6.61 Å². The third kappa shape index (κ3) is 3.39. The summed E-state index contributed by atoms with van der Waals surface area (Å²) in [4.78, 5) is 13.8. The summed E-state index contributed by atoms with van der Waals surface area (Å²) in [5.74, 6) is -1.56. The average molecular weight is 298 g/mol. The molecule has 0 bridgehead atoms. The van der Waals surface area contributed by atoms with Crippen molar-refractivity contribution in [1.82, 2.24) is 10.2 Å². The van der Waals surface area contributed by atoms with E-state index < -0.39 is 23.7 Å². The van der Waals surface area contributed by atoms with Gasteiger partial charge < -0.3 is 10.1 Å². The molecule has 0 saturated carbocycles.